The van der Waals surface area contributed by atoms with Crippen molar-refractivity contribution in [2.45, 2.75) is 175 Å². The van der Waals surface area contributed by atoms with Crippen LogP contribution in [0, 0.1) is 0 Å². The van der Waals surface area contributed by atoms with Gasteiger partial charge in [0, 0.05) is 12.8 Å². The summed E-state index contributed by atoms with van der Waals surface area (Å²) in [5, 5.41) is 0. The molecular weight excluding hydrogens is 697 g/mol. The molecule has 0 radical (unpaired) electrons. The molecule has 0 aromatic heterocycles. The summed E-state index contributed by atoms with van der Waals surface area (Å²) in [6.07, 6.45) is 58.2. The zero-order valence-corrected chi connectivity index (χ0v) is 35.6. The van der Waals surface area contributed by atoms with E-state index in [2.05, 4.69) is 93.7 Å². The first-order valence-electron chi connectivity index (χ1n) is 21.9. The van der Waals surface area contributed by atoms with E-state index in [0.29, 0.717) is 12.8 Å². The van der Waals surface area contributed by atoms with E-state index in [1.807, 2.05) is 30.4 Å². The van der Waals surface area contributed by atoms with E-state index in [0.717, 1.165) is 103 Å². The summed E-state index contributed by atoms with van der Waals surface area (Å²) in [6.45, 7) is 6.11. The van der Waals surface area contributed by atoms with Gasteiger partial charge in [0.25, 0.3) is 0 Å². The minimum atomic E-state index is -0.827. The van der Waals surface area contributed by atoms with Gasteiger partial charge in [-0.3, -0.25) is 14.4 Å². The van der Waals surface area contributed by atoms with E-state index in [1.165, 1.54) is 25.7 Å². The molecule has 6 nitrogen and oxygen atoms in total. The van der Waals surface area contributed by atoms with Gasteiger partial charge in [-0.05, 0) is 77.0 Å². The van der Waals surface area contributed by atoms with Crippen LogP contribution in [0.25, 0.3) is 0 Å². The van der Waals surface area contributed by atoms with Gasteiger partial charge < -0.3 is 14.2 Å². The van der Waals surface area contributed by atoms with Crippen molar-refractivity contribution < 1.29 is 28.6 Å². The molecule has 0 aliphatic heterocycles. The highest BCUT2D eigenvalue weighted by Crippen LogP contribution is 2.12. The molecule has 0 saturated heterocycles. The first-order valence-corrected chi connectivity index (χ1v) is 21.9. The molecule has 0 saturated carbocycles. The Balaban J connectivity index is 4.50. The summed E-state index contributed by atoms with van der Waals surface area (Å²) in [7, 11) is 0. The average molecular weight is 775 g/mol. The summed E-state index contributed by atoms with van der Waals surface area (Å²) in [5.41, 5.74) is 0. The van der Waals surface area contributed by atoms with Crippen LogP contribution < -0.4 is 0 Å². The second-order valence-corrected chi connectivity index (χ2v) is 13.9. The Morgan fingerprint density at radius 2 is 0.804 bits per heavy atom. The van der Waals surface area contributed by atoms with Crippen molar-refractivity contribution in [1.82, 2.24) is 0 Å². The van der Waals surface area contributed by atoms with E-state index >= 15 is 0 Å². The van der Waals surface area contributed by atoms with Crippen LogP contribution in [0.15, 0.2) is 109 Å². The Labute approximate surface area is 342 Å². The van der Waals surface area contributed by atoms with Gasteiger partial charge in [-0.2, -0.15) is 0 Å². The number of hydrogen-bond acceptors (Lipinski definition) is 6. The third kappa shape index (κ3) is 41.2. The van der Waals surface area contributed by atoms with Crippen LogP contribution in [0.1, 0.15) is 168 Å². The maximum absolute atomic E-state index is 12.7. The second-order valence-electron chi connectivity index (χ2n) is 13.9. The van der Waals surface area contributed by atoms with E-state index in [9.17, 15) is 14.4 Å². The highest BCUT2D eigenvalue weighted by Gasteiger charge is 2.19. The minimum Gasteiger partial charge on any atom is -0.462 e. The Morgan fingerprint density at radius 1 is 0.393 bits per heavy atom. The summed E-state index contributed by atoms with van der Waals surface area (Å²) >= 11 is 0. The molecule has 314 valence electrons. The van der Waals surface area contributed by atoms with Crippen molar-refractivity contribution in [3.63, 3.8) is 0 Å². The van der Waals surface area contributed by atoms with Gasteiger partial charge in [0.15, 0.2) is 6.10 Å². The van der Waals surface area contributed by atoms with Crippen molar-refractivity contribution in [2.75, 3.05) is 13.2 Å². The fourth-order valence-electron chi connectivity index (χ4n) is 5.43. The van der Waals surface area contributed by atoms with Gasteiger partial charge in [-0.25, -0.2) is 0 Å². The molecule has 56 heavy (non-hydrogen) atoms. The predicted octanol–water partition coefficient (Wildman–Crippen LogP) is 14.0. The summed E-state index contributed by atoms with van der Waals surface area (Å²) in [5.74, 6) is -1.10. The number of rotatable bonds is 37. The summed E-state index contributed by atoms with van der Waals surface area (Å²) in [4.78, 5) is 37.6. The maximum atomic E-state index is 12.7. The van der Waals surface area contributed by atoms with Crippen molar-refractivity contribution in [3.05, 3.63) is 109 Å². The van der Waals surface area contributed by atoms with Gasteiger partial charge in [0.2, 0.25) is 0 Å². The van der Waals surface area contributed by atoms with Crippen molar-refractivity contribution in [1.29, 1.82) is 0 Å². The van der Waals surface area contributed by atoms with Crippen LogP contribution in [-0.2, 0) is 28.6 Å². The summed E-state index contributed by atoms with van der Waals surface area (Å²) < 4.78 is 16.5. The van der Waals surface area contributed by atoms with Gasteiger partial charge in [0.1, 0.15) is 13.2 Å². The largest absolute Gasteiger partial charge is 0.462 e. The zero-order valence-electron chi connectivity index (χ0n) is 35.6. The van der Waals surface area contributed by atoms with E-state index in [1.54, 1.807) is 6.08 Å². The van der Waals surface area contributed by atoms with Crippen molar-refractivity contribution >= 4 is 17.9 Å². The Kier molecular flexibility index (Phi) is 40.7. The molecule has 0 bridgehead atoms. The number of ether oxygens (including phenoxy) is 3. The molecule has 0 heterocycles. The lowest BCUT2D eigenvalue weighted by Gasteiger charge is -2.18. The Bertz CT molecular complexity index is 1210. The first-order chi connectivity index (χ1) is 27.5. The molecule has 6 heteroatoms. The number of esters is 3. The number of hydrogen-bond donors (Lipinski definition) is 0. The highest BCUT2D eigenvalue weighted by molar-refractivity contribution is 5.72. The SMILES string of the molecule is CC\C=C/C=C\C=C/C=C\CCCCCCCC(=O)OCC(COC(=O)C/C=C\C/C=C\C/C=C\CC)OC(=O)CCCCCCCCC/C=C\C/C=C\CC. The molecule has 0 fully saturated rings. The molecule has 0 N–H and O–H groups in total. The smallest absolute Gasteiger partial charge is 0.309 e. The number of carbonyl (C=O) groups is 3. The van der Waals surface area contributed by atoms with Crippen molar-refractivity contribution in [2.24, 2.45) is 0 Å². The molecule has 1 unspecified atom stereocenters. The molecule has 0 amide bonds. The topological polar surface area (TPSA) is 78.9 Å². The molecule has 0 aliphatic carbocycles. The number of allylic oxidation sites excluding steroid dienone is 17. The molecule has 0 spiro atoms. The molecule has 0 aromatic rings. The third-order valence-electron chi connectivity index (χ3n) is 8.63. The standard InChI is InChI=1S/C50H78O6/c1-4-7-10-13-16-19-21-23-25-27-28-31-34-37-40-43-49(52)55-46-47(45-54-48(51)42-39-36-33-30-18-15-12-9-6-3)56-50(53)44-41-38-35-32-29-26-24-22-20-17-14-11-8-5-2/h7-13,16-21,23,25,30,36,39,47H,4-6,14-15,22,24,26-29,31-35,37-38,40-46H2,1-3H3/b10-7-,11-8-,12-9-,16-13-,20-17-,21-19-,25-23-,30-18-,39-36-. The highest BCUT2D eigenvalue weighted by atomic mass is 16.6. The van der Waals surface area contributed by atoms with Crippen LogP contribution in [0.2, 0.25) is 0 Å². The lowest BCUT2D eigenvalue weighted by Crippen LogP contribution is -2.30. The van der Waals surface area contributed by atoms with Gasteiger partial charge in [0.05, 0.1) is 6.42 Å². The third-order valence-corrected chi connectivity index (χ3v) is 8.63. The number of unbranched alkanes of at least 4 members (excludes halogenated alkanes) is 12. The normalized spacial score (nSPS) is 13.1. The van der Waals surface area contributed by atoms with E-state index in [-0.39, 0.29) is 31.6 Å². The molecule has 0 aliphatic rings. The van der Waals surface area contributed by atoms with Crippen LogP contribution in [0.3, 0.4) is 0 Å². The average Bonchev–Trinajstić information content (AvgIpc) is 3.19. The van der Waals surface area contributed by atoms with Crippen LogP contribution >= 0.6 is 0 Å². The van der Waals surface area contributed by atoms with Gasteiger partial charge in [-0.15, -0.1) is 0 Å². The van der Waals surface area contributed by atoms with Crippen LogP contribution in [-0.4, -0.2) is 37.2 Å². The van der Waals surface area contributed by atoms with E-state index in [4.69, 9.17) is 14.2 Å². The lowest BCUT2D eigenvalue weighted by molar-refractivity contribution is -0.166. The molecule has 1 atom stereocenters. The molecule has 0 aromatic carbocycles. The fourth-order valence-corrected chi connectivity index (χ4v) is 5.43. The number of carbonyl (C=O) groups excluding carboxylic acids is 3. The lowest BCUT2D eigenvalue weighted by atomic mass is 10.1. The fraction of sp³-hybridized carbons (Fsp3) is 0.580. The van der Waals surface area contributed by atoms with Crippen LogP contribution in [0.5, 0.6) is 0 Å². The zero-order chi connectivity index (χ0) is 40.8. The summed E-state index contributed by atoms with van der Waals surface area (Å²) in [6, 6.07) is 0. The Hall–Kier alpha value is -3.93. The van der Waals surface area contributed by atoms with Crippen molar-refractivity contribution in [3.8, 4) is 0 Å². The van der Waals surface area contributed by atoms with Crippen LogP contribution in [0.4, 0.5) is 0 Å². The Morgan fingerprint density at radius 3 is 1.38 bits per heavy atom. The first kappa shape index (κ1) is 52.1. The predicted molar refractivity (Wildman–Crippen MR) is 237 cm³/mol. The quantitative estimate of drug-likeness (QED) is 0.0206. The van der Waals surface area contributed by atoms with Gasteiger partial charge >= 0.3 is 17.9 Å². The second kappa shape index (κ2) is 43.8. The van der Waals surface area contributed by atoms with E-state index < -0.39 is 12.1 Å². The molecular formula is C50H78O6. The monoisotopic (exact) mass is 775 g/mol. The minimum absolute atomic E-state index is 0.123. The van der Waals surface area contributed by atoms with Gasteiger partial charge in [-0.1, -0.05) is 182 Å². The molecule has 0 rings (SSSR count). The maximum Gasteiger partial charge on any atom is 0.309 e.